The summed E-state index contributed by atoms with van der Waals surface area (Å²) < 4.78 is 12.8. The van der Waals surface area contributed by atoms with E-state index in [1.807, 2.05) is 0 Å². The predicted molar refractivity (Wildman–Crippen MR) is 129 cm³/mol. The van der Waals surface area contributed by atoms with Gasteiger partial charge in [0.2, 0.25) is 5.95 Å². The molecule has 3 aromatic heterocycles. The molecular formula is C22H23ClN6O2S2. The first kappa shape index (κ1) is 21.4. The molecule has 1 atom stereocenters. The molecule has 2 N–H and O–H groups in total. The average Bonchev–Trinajstić information content (AvgIpc) is 3.36. The number of nitrogens with zero attached hydrogens (tertiary/aromatic N) is 5. The van der Waals surface area contributed by atoms with Gasteiger partial charge in [0.05, 0.1) is 45.1 Å². The molecule has 1 unspecified atom stereocenters. The summed E-state index contributed by atoms with van der Waals surface area (Å²) >= 11 is 7.59. The van der Waals surface area contributed by atoms with Gasteiger partial charge >= 0.3 is 0 Å². The van der Waals surface area contributed by atoms with Crippen LogP contribution in [0.2, 0.25) is 5.02 Å². The van der Waals surface area contributed by atoms with Gasteiger partial charge < -0.3 is 15.3 Å². The van der Waals surface area contributed by atoms with Crippen molar-refractivity contribution in [1.82, 2.24) is 19.9 Å². The smallest absolute Gasteiger partial charge is 0.228 e. The summed E-state index contributed by atoms with van der Waals surface area (Å²) in [5.74, 6) is 2.59. The number of halogens is 1. The van der Waals surface area contributed by atoms with Crippen molar-refractivity contribution >= 4 is 45.5 Å². The lowest BCUT2D eigenvalue weighted by atomic mass is 9.77. The Morgan fingerprint density at radius 1 is 1.21 bits per heavy atom. The highest BCUT2D eigenvalue weighted by Gasteiger charge is 2.39. The molecule has 8 nitrogen and oxygen atoms in total. The molecule has 0 aromatic carbocycles. The molecule has 11 heteroatoms. The molecule has 0 saturated heterocycles. The van der Waals surface area contributed by atoms with E-state index in [0.29, 0.717) is 41.5 Å². The van der Waals surface area contributed by atoms with E-state index in [0.717, 1.165) is 47.6 Å². The molecule has 1 saturated carbocycles. The van der Waals surface area contributed by atoms with Crippen LogP contribution >= 0.6 is 22.9 Å². The Balaban J connectivity index is 1.30. The maximum Gasteiger partial charge on any atom is 0.228 e. The summed E-state index contributed by atoms with van der Waals surface area (Å²) in [5, 5.41) is 14.0. The summed E-state index contributed by atoms with van der Waals surface area (Å²) in [6, 6.07) is 2.13. The maximum atomic E-state index is 12.8. The van der Waals surface area contributed by atoms with Crippen molar-refractivity contribution in [3.05, 3.63) is 39.6 Å². The van der Waals surface area contributed by atoms with E-state index in [9.17, 15) is 9.32 Å². The summed E-state index contributed by atoms with van der Waals surface area (Å²) in [7, 11) is -1.12. The Morgan fingerprint density at radius 2 is 2.03 bits per heavy atom. The van der Waals surface area contributed by atoms with Crippen molar-refractivity contribution in [3.8, 4) is 10.7 Å². The number of aryl methyl sites for hydroxylation is 1. The Hall–Kier alpha value is -2.14. The van der Waals surface area contributed by atoms with E-state index in [1.165, 1.54) is 10.4 Å². The molecular weight excluding hydrogens is 480 g/mol. The third-order valence-electron chi connectivity index (χ3n) is 6.61. The van der Waals surface area contributed by atoms with Gasteiger partial charge in [-0.1, -0.05) is 11.6 Å². The van der Waals surface area contributed by atoms with Crippen LogP contribution in [0.15, 0.2) is 23.4 Å². The molecule has 1 fully saturated rings. The number of anilines is 2. The van der Waals surface area contributed by atoms with Crippen LogP contribution in [0.4, 0.5) is 11.8 Å². The normalized spacial score (nSPS) is 20.8. The zero-order valence-electron chi connectivity index (χ0n) is 17.9. The van der Waals surface area contributed by atoms with Gasteiger partial charge in [0, 0.05) is 29.6 Å². The summed E-state index contributed by atoms with van der Waals surface area (Å²) in [5.41, 5.74) is 1.72. The lowest BCUT2D eigenvalue weighted by Crippen LogP contribution is -2.49. The largest absolute Gasteiger partial charge is 0.394 e. The standard InChI is InChI=1S/C22H23ClN6O2S2/c23-14-8-24-19(25-9-14)16-7-13-10-29(11-17(13)32-16)21-26-15-3-1-6-33(31)18(15)20(27-21)28-22(12-30)4-2-5-22/h7-9,30H,1-6,10-12H2,(H,26,27,28). The van der Waals surface area contributed by atoms with Crippen LogP contribution in [0.1, 0.15) is 41.8 Å². The molecule has 172 valence electrons. The minimum atomic E-state index is -1.12. The van der Waals surface area contributed by atoms with Crippen molar-refractivity contribution in [3.63, 3.8) is 0 Å². The molecule has 1 aliphatic carbocycles. The van der Waals surface area contributed by atoms with Crippen molar-refractivity contribution < 1.29 is 9.32 Å². The minimum Gasteiger partial charge on any atom is -0.394 e. The fourth-order valence-corrected chi connectivity index (χ4v) is 7.20. The van der Waals surface area contributed by atoms with E-state index >= 15 is 0 Å². The molecule has 2 aliphatic heterocycles. The van der Waals surface area contributed by atoms with Crippen molar-refractivity contribution in [2.45, 2.75) is 55.6 Å². The van der Waals surface area contributed by atoms with Gasteiger partial charge in [-0.05, 0) is 43.7 Å². The lowest BCUT2D eigenvalue weighted by molar-refractivity contribution is 0.143. The third kappa shape index (κ3) is 3.82. The first-order valence-electron chi connectivity index (χ1n) is 11.1. The Kier molecular flexibility index (Phi) is 5.36. The highest BCUT2D eigenvalue weighted by atomic mass is 35.5. The number of aromatic nitrogens is 4. The predicted octanol–water partition coefficient (Wildman–Crippen LogP) is 3.55. The number of rotatable bonds is 5. The van der Waals surface area contributed by atoms with Crippen LogP contribution in [-0.4, -0.2) is 47.2 Å². The van der Waals surface area contributed by atoms with Crippen molar-refractivity contribution in [1.29, 1.82) is 0 Å². The number of hydrogen-bond acceptors (Lipinski definition) is 9. The third-order valence-corrected chi connectivity index (χ3v) is 9.50. The molecule has 3 aliphatic rings. The van der Waals surface area contributed by atoms with Gasteiger partial charge in [-0.3, -0.25) is 4.21 Å². The fraction of sp³-hybridized carbons (Fsp3) is 0.455. The quantitative estimate of drug-likeness (QED) is 0.546. The first-order valence-corrected chi connectivity index (χ1v) is 13.6. The lowest BCUT2D eigenvalue weighted by Gasteiger charge is -2.42. The average molecular weight is 503 g/mol. The highest BCUT2D eigenvalue weighted by molar-refractivity contribution is 7.85. The summed E-state index contributed by atoms with van der Waals surface area (Å²) in [4.78, 5) is 23.5. The van der Waals surface area contributed by atoms with E-state index < -0.39 is 10.8 Å². The molecule has 0 amide bonds. The van der Waals surface area contributed by atoms with Gasteiger partial charge in [0.15, 0.2) is 5.82 Å². The molecule has 5 heterocycles. The van der Waals surface area contributed by atoms with E-state index in [4.69, 9.17) is 21.6 Å². The Morgan fingerprint density at radius 3 is 2.73 bits per heavy atom. The molecule has 3 aromatic rings. The van der Waals surface area contributed by atoms with Crippen LogP contribution < -0.4 is 10.2 Å². The van der Waals surface area contributed by atoms with Crippen LogP contribution in [0.25, 0.3) is 10.7 Å². The fourth-order valence-electron chi connectivity index (χ4n) is 4.63. The number of aliphatic hydroxyl groups excluding tert-OH is 1. The summed E-state index contributed by atoms with van der Waals surface area (Å²) in [6.45, 7) is 1.45. The number of fused-ring (bicyclic) bond motifs is 2. The second-order valence-electron chi connectivity index (χ2n) is 8.86. The first-order chi connectivity index (χ1) is 16.0. The van der Waals surface area contributed by atoms with E-state index in [2.05, 4.69) is 26.3 Å². The van der Waals surface area contributed by atoms with E-state index in [1.54, 1.807) is 23.7 Å². The number of aliphatic hydroxyl groups is 1. The molecule has 6 rings (SSSR count). The van der Waals surface area contributed by atoms with Crippen LogP contribution in [0.3, 0.4) is 0 Å². The number of nitrogens with one attached hydrogen (secondary N) is 1. The van der Waals surface area contributed by atoms with Gasteiger partial charge in [-0.2, -0.15) is 4.98 Å². The van der Waals surface area contributed by atoms with E-state index in [-0.39, 0.29) is 12.1 Å². The monoisotopic (exact) mass is 502 g/mol. The maximum absolute atomic E-state index is 12.8. The van der Waals surface area contributed by atoms with Gasteiger partial charge in [0.25, 0.3) is 0 Å². The van der Waals surface area contributed by atoms with Gasteiger partial charge in [-0.15, -0.1) is 11.3 Å². The van der Waals surface area contributed by atoms with Crippen molar-refractivity contribution in [2.24, 2.45) is 0 Å². The Labute approximate surface area is 202 Å². The molecule has 33 heavy (non-hydrogen) atoms. The van der Waals surface area contributed by atoms with Gasteiger partial charge in [0.1, 0.15) is 10.7 Å². The van der Waals surface area contributed by atoms with Crippen LogP contribution in [-0.2, 0) is 30.3 Å². The van der Waals surface area contributed by atoms with Crippen LogP contribution in [0, 0.1) is 0 Å². The minimum absolute atomic E-state index is 0.0459. The molecule has 0 bridgehead atoms. The second-order valence-corrected chi connectivity index (χ2v) is 11.9. The van der Waals surface area contributed by atoms with Crippen molar-refractivity contribution in [2.75, 3.05) is 22.6 Å². The summed E-state index contributed by atoms with van der Waals surface area (Å²) in [6.07, 6.45) is 7.73. The zero-order valence-corrected chi connectivity index (χ0v) is 20.3. The van der Waals surface area contributed by atoms with Crippen LogP contribution in [0.5, 0.6) is 0 Å². The molecule has 0 spiro atoms. The number of thiophene rings is 1. The number of hydrogen-bond donors (Lipinski definition) is 2. The Bertz CT molecular complexity index is 1220. The highest BCUT2D eigenvalue weighted by Crippen LogP contribution is 2.40. The zero-order chi connectivity index (χ0) is 22.6. The second kappa shape index (κ2) is 8.26. The SMILES string of the molecule is O=S1CCCc2nc(N3Cc4cc(-c5ncc(Cl)cn5)sc4C3)nc(NC3(CO)CCC3)c21. The molecule has 0 radical (unpaired) electrons. The topological polar surface area (TPSA) is 104 Å². The van der Waals surface area contributed by atoms with Gasteiger partial charge in [-0.25, -0.2) is 15.0 Å².